The average molecular weight is 371 g/mol. The highest BCUT2D eigenvalue weighted by atomic mass is 32.2. The number of fused-ring (bicyclic) bond motifs is 3. The fraction of sp³-hybridized carbons (Fsp3) is 0.400. The Morgan fingerprint density at radius 1 is 1.20 bits per heavy atom. The number of benzene rings is 1. The normalized spacial score (nSPS) is 14.2. The van der Waals surface area contributed by atoms with Gasteiger partial charge in [0, 0.05) is 10.6 Å². The monoisotopic (exact) mass is 370 g/mol. The minimum atomic E-state index is 0.0989. The number of hydrogen-bond acceptors (Lipinski definition) is 4. The van der Waals surface area contributed by atoms with E-state index in [1.54, 1.807) is 23.1 Å². The minimum absolute atomic E-state index is 0.0989. The van der Waals surface area contributed by atoms with Gasteiger partial charge >= 0.3 is 0 Å². The molecule has 2 heterocycles. The topological polar surface area (TPSA) is 34.9 Å². The average Bonchev–Trinajstić information content (AvgIpc) is 2.99. The van der Waals surface area contributed by atoms with Crippen molar-refractivity contribution in [1.82, 2.24) is 9.55 Å². The van der Waals surface area contributed by atoms with Crippen LogP contribution in [0, 0.1) is 5.92 Å². The Balaban J connectivity index is 1.96. The van der Waals surface area contributed by atoms with Gasteiger partial charge in [0.05, 0.1) is 11.1 Å². The van der Waals surface area contributed by atoms with Crippen LogP contribution in [0.15, 0.2) is 40.3 Å². The van der Waals surface area contributed by atoms with E-state index in [1.807, 2.05) is 34.9 Å². The summed E-state index contributed by atoms with van der Waals surface area (Å²) >= 11 is 3.41. The summed E-state index contributed by atoms with van der Waals surface area (Å²) in [4.78, 5) is 20.7. The highest BCUT2D eigenvalue weighted by Crippen LogP contribution is 2.35. The van der Waals surface area contributed by atoms with Crippen LogP contribution >= 0.6 is 23.1 Å². The van der Waals surface area contributed by atoms with E-state index < -0.39 is 0 Å². The molecular weight excluding hydrogens is 348 g/mol. The molecule has 0 unspecified atom stereocenters. The highest BCUT2D eigenvalue weighted by Gasteiger charge is 2.22. The molecule has 0 saturated heterocycles. The van der Waals surface area contributed by atoms with Crippen molar-refractivity contribution < 1.29 is 0 Å². The van der Waals surface area contributed by atoms with Crippen molar-refractivity contribution in [1.29, 1.82) is 0 Å². The van der Waals surface area contributed by atoms with Gasteiger partial charge in [-0.25, -0.2) is 4.98 Å². The summed E-state index contributed by atoms with van der Waals surface area (Å²) in [6.07, 6.45) is 4.50. The number of thioether (sulfide) groups is 1. The van der Waals surface area contributed by atoms with Crippen LogP contribution in [-0.2, 0) is 12.8 Å². The Morgan fingerprint density at radius 2 is 1.96 bits per heavy atom. The fourth-order valence-electron chi connectivity index (χ4n) is 3.33. The molecular formula is C20H22N2OS2. The van der Waals surface area contributed by atoms with Crippen LogP contribution in [0.4, 0.5) is 0 Å². The number of thiophene rings is 1. The molecule has 3 nitrogen and oxygen atoms in total. The van der Waals surface area contributed by atoms with Gasteiger partial charge in [-0.1, -0.05) is 43.8 Å². The van der Waals surface area contributed by atoms with Crippen molar-refractivity contribution in [3.8, 4) is 5.69 Å². The lowest BCUT2D eigenvalue weighted by Crippen LogP contribution is -2.22. The second-order valence-corrected chi connectivity index (χ2v) is 9.04. The van der Waals surface area contributed by atoms with Crippen LogP contribution in [-0.4, -0.2) is 15.3 Å². The van der Waals surface area contributed by atoms with Gasteiger partial charge in [0.2, 0.25) is 0 Å². The molecule has 0 amide bonds. The molecule has 2 aromatic heterocycles. The minimum Gasteiger partial charge on any atom is -0.268 e. The molecule has 5 heteroatoms. The SMILES string of the molecule is CC(C)CSc1nc2sc3c(c2c(=O)n1-c1ccccc1)CCCC3. The molecule has 1 aliphatic rings. The van der Waals surface area contributed by atoms with E-state index in [0.717, 1.165) is 39.7 Å². The van der Waals surface area contributed by atoms with E-state index in [1.165, 1.54) is 23.3 Å². The van der Waals surface area contributed by atoms with Gasteiger partial charge in [0.15, 0.2) is 5.16 Å². The number of aromatic nitrogens is 2. The molecule has 25 heavy (non-hydrogen) atoms. The first-order valence-electron chi connectivity index (χ1n) is 8.90. The van der Waals surface area contributed by atoms with Crippen molar-refractivity contribution in [2.75, 3.05) is 5.75 Å². The number of para-hydroxylation sites is 1. The Morgan fingerprint density at radius 3 is 2.72 bits per heavy atom. The predicted molar refractivity (Wildman–Crippen MR) is 107 cm³/mol. The number of nitrogens with zero attached hydrogens (tertiary/aromatic N) is 2. The molecule has 0 aliphatic heterocycles. The van der Waals surface area contributed by atoms with Gasteiger partial charge in [-0.15, -0.1) is 11.3 Å². The van der Waals surface area contributed by atoms with E-state index in [9.17, 15) is 4.79 Å². The van der Waals surface area contributed by atoms with Crippen LogP contribution < -0.4 is 5.56 Å². The number of hydrogen-bond donors (Lipinski definition) is 0. The maximum absolute atomic E-state index is 13.4. The van der Waals surface area contributed by atoms with Crippen LogP contribution in [0.3, 0.4) is 0 Å². The zero-order valence-corrected chi connectivity index (χ0v) is 16.3. The maximum atomic E-state index is 13.4. The summed E-state index contributed by atoms with van der Waals surface area (Å²) in [6.45, 7) is 4.39. The standard InChI is InChI=1S/C20H22N2OS2/c1-13(2)12-24-20-21-18-17(15-10-6-7-11-16(15)25-18)19(23)22(20)14-8-4-3-5-9-14/h3-5,8-9,13H,6-7,10-12H2,1-2H3. The summed E-state index contributed by atoms with van der Waals surface area (Å²) in [5.74, 6) is 1.51. The predicted octanol–water partition coefficient (Wildman–Crippen LogP) is 5.07. The van der Waals surface area contributed by atoms with Gasteiger partial charge in [0.1, 0.15) is 4.83 Å². The molecule has 130 valence electrons. The molecule has 0 bridgehead atoms. The molecule has 1 aromatic carbocycles. The third-order valence-corrected chi connectivity index (χ3v) is 7.07. The second kappa shape index (κ2) is 6.96. The van der Waals surface area contributed by atoms with E-state index in [-0.39, 0.29) is 5.56 Å². The van der Waals surface area contributed by atoms with Gasteiger partial charge in [0.25, 0.3) is 5.56 Å². The fourth-order valence-corrected chi connectivity index (χ4v) is 5.59. The van der Waals surface area contributed by atoms with Gasteiger partial charge in [-0.2, -0.15) is 0 Å². The largest absolute Gasteiger partial charge is 0.268 e. The Kier molecular flexibility index (Phi) is 4.69. The Labute approximate surface area is 156 Å². The van der Waals surface area contributed by atoms with Crippen molar-refractivity contribution in [3.63, 3.8) is 0 Å². The molecule has 0 radical (unpaired) electrons. The van der Waals surface area contributed by atoms with Crippen LogP contribution in [0.1, 0.15) is 37.1 Å². The smallest absolute Gasteiger partial charge is 0.267 e. The first-order chi connectivity index (χ1) is 12.1. The lowest BCUT2D eigenvalue weighted by molar-refractivity contribution is 0.699. The van der Waals surface area contributed by atoms with E-state index >= 15 is 0 Å². The van der Waals surface area contributed by atoms with Gasteiger partial charge < -0.3 is 0 Å². The summed E-state index contributed by atoms with van der Waals surface area (Å²) in [7, 11) is 0. The molecule has 0 N–H and O–H groups in total. The number of aryl methyl sites for hydroxylation is 2. The van der Waals surface area contributed by atoms with Crippen molar-refractivity contribution in [2.45, 2.75) is 44.7 Å². The summed E-state index contributed by atoms with van der Waals surface area (Å²) in [6, 6.07) is 9.92. The van der Waals surface area contributed by atoms with Gasteiger partial charge in [-0.3, -0.25) is 9.36 Å². The van der Waals surface area contributed by atoms with Crippen molar-refractivity contribution in [3.05, 3.63) is 51.1 Å². The first-order valence-corrected chi connectivity index (χ1v) is 10.7. The maximum Gasteiger partial charge on any atom is 0.267 e. The molecule has 4 rings (SSSR count). The van der Waals surface area contributed by atoms with E-state index in [4.69, 9.17) is 4.98 Å². The third kappa shape index (κ3) is 3.15. The lowest BCUT2D eigenvalue weighted by atomic mass is 9.97. The van der Waals surface area contributed by atoms with Crippen LogP contribution in [0.5, 0.6) is 0 Å². The van der Waals surface area contributed by atoms with Gasteiger partial charge in [-0.05, 0) is 49.3 Å². The third-order valence-electron chi connectivity index (χ3n) is 4.52. The second-order valence-electron chi connectivity index (χ2n) is 6.97. The summed E-state index contributed by atoms with van der Waals surface area (Å²) < 4.78 is 1.82. The Bertz CT molecular complexity index is 957. The summed E-state index contributed by atoms with van der Waals surface area (Å²) in [5.41, 5.74) is 2.26. The van der Waals surface area contributed by atoms with Crippen molar-refractivity contribution in [2.24, 2.45) is 5.92 Å². The molecule has 0 fully saturated rings. The highest BCUT2D eigenvalue weighted by molar-refractivity contribution is 7.99. The first kappa shape index (κ1) is 16.9. The number of rotatable bonds is 4. The molecule has 0 spiro atoms. The lowest BCUT2D eigenvalue weighted by Gasteiger charge is -2.14. The molecule has 0 atom stereocenters. The van der Waals surface area contributed by atoms with E-state index in [0.29, 0.717) is 5.92 Å². The molecule has 1 aliphatic carbocycles. The van der Waals surface area contributed by atoms with Crippen LogP contribution in [0.25, 0.3) is 15.9 Å². The van der Waals surface area contributed by atoms with Crippen molar-refractivity contribution >= 4 is 33.3 Å². The van der Waals surface area contributed by atoms with E-state index in [2.05, 4.69) is 13.8 Å². The summed E-state index contributed by atoms with van der Waals surface area (Å²) in [5, 5.41) is 1.67. The zero-order chi connectivity index (χ0) is 17.4. The molecule has 3 aromatic rings. The molecule has 0 saturated carbocycles. The van der Waals surface area contributed by atoms with Crippen LogP contribution in [0.2, 0.25) is 0 Å². The quantitative estimate of drug-likeness (QED) is 0.475. The zero-order valence-electron chi connectivity index (χ0n) is 14.6. The Hall–Kier alpha value is -1.59.